The average Bonchev–Trinajstić information content (AvgIpc) is 2.79. The van der Waals surface area contributed by atoms with Crippen molar-refractivity contribution >= 4 is 18.0 Å². The van der Waals surface area contributed by atoms with E-state index in [9.17, 15) is 9.59 Å². The van der Waals surface area contributed by atoms with Crippen LogP contribution in [0.15, 0.2) is 30.3 Å². The van der Waals surface area contributed by atoms with Crippen LogP contribution in [0.1, 0.15) is 83.3 Å². The van der Waals surface area contributed by atoms with Gasteiger partial charge in [0.2, 0.25) is 0 Å². The molecule has 1 aliphatic carbocycles. The zero-order chi connectivity index (χ0) is 23.5. The first-order chi connectivity index (χ1) is 15.7. The van der Waals surface area contributed by atoms with Gasteiger partial charge in [-0.25, -0.2) is 0 Å². The monoisotopic (exact) mass is 453 g/mol. The molecule has 0 amide bonds. The van der Waals surface area contributed by atoms with Gasteiger partial charge in [0.15, 0.2) is 0 Å². The molecule has 4 aliphatic rings. The second-order valence-corrected chi connectivity index (χ2v) is 11.0. The van der Waals surface area contributed by atoms with E-state index in [2.05, 4.69) is 17.0 Å². The summed E-state index contributed by atoms with van der Waals surface area (Å²) in [5.41, 5.74) is 1.09. The number of fused-ring (bicyclic) bond motifs is 3. The van der Waals surface area contributed by atoms with Crippen LogP contribution in [0.4, 0.5) is 0 Å². The molecule has 1 aromatic carbocycles. The van der Waals surface area contributed by atoms with E-state index >= 15 is 0 Å². The summed E-state index contributed by atoms with van der Waals surface area (Å²) < 4.78 is 11.6. The van der Waals surface area contributed by atoms with Crippen LogP contribution in [0.2, 0.25) is 0 Å². The number of hydrogen-bond donors (Lipinski definition) is 0. The molecule has 0 N–H and O–H groups in total. The second kappa shape index (κ2) is 10.0. The fraction of sp³-hybridized carbons (Fsp3) is 0.643. The van der Waals surface area contributed by atoms with Crippen molar-refractivity contribution in [3.63, 3.8) is 0 Å². The van der Waals surface area contributed by atoms with E-state index in [0.29, 0.717) is 5.92 Å². The number of rotatable bonds is 6. The summed E-state index contributed by atoms with van der Waals surface area (Å²) in [5.74, 6) is 0.276. The van der Waals surface area contributed by atoms with Gasteiger partial charge in [-0.1, -0.05) is 55.7 Å². The molecule has 0 aromatic heterocycles. The van der Waals surface area contributed by atoms with E-state index in [1.54, 1.807) is 0 Å². The quantitative estimate of drug-likeness (QED) is 0.549. The first-order valence-corrected chi connectivity index (χ1v) is 12.7. The van der Waals surface area contributed by atoms with Crippen LogP contribution < -0.4 is 0 Å². The molecule has 0 unspecified atom stereocenters. The SMILES string of the molecule is CC(C)(C)OC(=O)CC=Cc1ccc(C2(C(=O)O[C@H]3CN4CCC3CC4)CCCCC2)cc1. The molecule has 33 heavy (non-hydrogen) atoms. The Kier molecular flexibility index (Phi) is 7.28. The number of esters is 2. The van der Waals surface area contributed by atoms with Gasteiger partial charge >= 0.3 is 11.9 Å². The Morgan fingerprint density at radius 3 is 2.30 bits per heavy atom. The first kappa shape index (κ1) is 24.0. The second-order valence-electron chi connectivity index (χ2n) is 11.0. The van der Waals surface area contributed by atoms with Gasteiger partial charge in [-0.05, 0) is 76.6 Å². The summed E-state index contributed by atoms with van der Waals surface area (Å²) in [5, 5.41) is 0. The largest absolute Gasteiger partial charge is 0.460 e. The van der Waals surface area contributed by atoms with E-state index in [4.69, 9.17) is 9.47 Å². The van der Waals surface area contributed by atoms with Crippen molar-refractivity contribution in [1.29, 1.82) is 0 Å². The number of piperidine rings is 3. The van der Waals surface area contributed by atoms with Gasteiger partial charge in [-0.2, -0.15) is 0 Å². The molecule has 3 saturated heterocycles. The van der Waals surface area contributed by atoms with E-state index in [1.807, 2.05) is 45.1 Å². The van der Waals surface area contributed by atoms with Crippen molar-refractivity contribution < 1.29 is 19.1 Å². The van der Waals surface area contributed by atoms with Crippen LogP contribution in [0.3, 0.4) is 0 Å². The van der Waals surface area contributed by atoms with Crippen molar-refractivity contribution in [2.24, 2.45) is 5.92 Å². The Hall–Kier alpha value is -2.14. The Labute approximate surface area is 198 Å². The average molecular weight is 454 g/mol. The lowest BCUT2D eigenvalue weighted by atomic mass is 9.69. The summed E-state index contributed by atoms with van der Waals surface area (Å²) in [6.45, 7) is 8.80. The molecule has 0 spiro atoms. The highest BCUT2D eigenvalue weighted by atomic mass is 16.6. The van der Waals surface area contributed by atoms with Gasteiger partial charge in [-0.15, -0.1) is 0 Å². The van der Waals surface area contributed by atoms with Crippen molar-refractivity contribution in [3.05, 3.63) is 41.5 Å². The summed E-state index contributed by atoms with van der Waals surface area (Å²) in [6.07, 6.45) is 11.4. The summed E-state index contributed by atoms with van der Waals surface area (Å²) >= 11 is 0. The number of carbonyl (C=O) groups excluding carboxylic acids is 2. The molecule has 5 heteroatoms. The Bertz CT molecular complexity index is 853. The maximum atomic E-state index is 13.6. The van der Waals surface area contributed by atoms with Crippen LogP contribution in [0.25, 0.3) is 6.08 Å². The van der Waals surface area contributed by atoms with Crippen molar-refractivity contribution in [1.82, 2.24) is 4.90 Å². The van der Waals surface area contributed by atoms with Crippen molar-refractivity contribution in [2.45, 2.75) is 89.3 Å². The molecule has 3 heterocycles. The lowest BCUT2D eigenvalue weighted by Crippen LogP contribution is -2.53. The molecule has 1 aromatic rings. The van der Waals surface area contributed by atoms with Crippen LogP contribution >= 0.6 is 0 Å². The highest BCUT2D eigenvalue weighted by molar-refractivity contribution is 5.84. The molecule has 0 radical (unpaired) electrons. The topological polar surface area (TPSA) is 55.8 Å². The third kappa shape index (κ3) is 5.87. The third-order valence-corrected chi connectivity index (χ3v) is 7.43. The maximum Gasteiger partial charge on any atom is 0.316 e. The molecule has 1 atom stereocenters. The van der Waals surface area contributed by atoms with Gasteiger partial charge in [0.05, 0.1) is 11.8 Å². The van der Waals surface area contributed by atoms with Gasteiger partial charge in [0.25, 0.3) is 0 Å². The number of hydrogen-bond acceptors (Lipinski definition) is 5. The summed E-state index contributed by atoms with van der Waals surface area (Å²) in [7, 11) is 0. The third-order valence-electron chi connectivity index (χ3n) is 7.43. The summed E-state index contributed by atoms with van der Waals surface area (Å²) in [4.78, 5) is 27.9. The van der Waals surface area contributed by atoms with Gasteiger partial charge in [0, 0.05) is 6.54 Å². The molecule has 5 rings (SSSR count). The van der Waals surface area contributed by atoms with Crippen molar-refractivity contribution in [3.8, 4) is 0 Å². The van der Waals surface area contributed by atoms with E-state index < -0.39 is 11.0 Å². The minimum atomic E-state index is -0.525. The summed E-state index contributed by atoms with van der Waals surface area (Å²) in [6, 6.07) is 8.24. The molecular formula is C28H39NO4. The fourth-order valence-electron chi connectivity index (χ4n) is 5.65. The van der Waals surface area contributed by atoms with Gasteiger partial charge < -0.3 is 9.47 Å². The highest BCUT2D eigenvalue weighted by Crippen LogP contribution is 2.42. The number of benzene rings is 1. The predicted octanol–water partition coefficient (Wildman–Crippen LogP) is 5.27. The zero-order valence-electron chi connectivity index (χ0n) is 20.5. The minimum Gasteiger partial charge on any atom is -0.460 e. The molecule has 2 bridgehead atoms. The van der Waals surface area contributed by atoms with Gasteiger partial charge in [0.1, 0.15) is 11.7 Å². The molecule has 1 saturated carbocycles. The minimum absolute atomic E-state index is 0.0193. The maximum absolute atomic E-state index is 13.6. The predicted molar refractivity (Wildman–Crippen MR) is 130 cm³/mol. The van der Waals surface area contributed by atoms with Crippen LogP contribution in [-0.2, 0) is 24.5 Å². The van der Waals surface area contributed by atoms with Crippen LogP contribution in [0, 0.1) is 5.92 Å². The van der Waals surface area contributed by atoms with Crippen molar-refractivity contribution in [2.75, 3.05) is 19.6 Å². The fourth-order valence-corrected chi connectivity index (χ4v) is 5.65. The molecule has 5 nitrogen and oxygen atoms in total. The lowest BCUT2D eigenvalue weighted by molar-refractivity contribution is -0.167. The van der Waals surface area contributed by atoms with E-state index in [0.717, 1.165) is 69.3 Å². The molecule has 3 aliphatic heterocycles. The van der Waals surface area contributed by atoms with E-state index in [-0.39, 0.29) is 24.5 Å². The Morgan fingerprint density at radius 1 is 1.06 bits per heavy atom. The normalized spacial score (nSPS) is 26.8. The van der Waals surface area contributed by atoms with Gasteiger partial charge in [-0.3, -0.25) is 14.5 Å². The number of nitrogens with zero attached hydrogens (tertiary/aromatic N) is 1. The van der Waals surface area contributed by atoms with Crippen LogP contribution in [-0.4, -0.2) is 48.2 Å². The highest BCUT2D eigenvalue weighted by Gasteiger charge is 2.45. The molecular weight excluding hydrogens is 414 g/mol. The Morgan fingerprint density at radius 2 is 1.73 bits per heavy atom. The van der Waals surface area contributed by atoms with Crippen LogP contribution in [0.5, 0.6) is 0 Å². The smallest absolute Gasteiger partial charge is 0.316 e. The van der Waals surface area contributed by atoms with E-state index in [1.165, 1.54) is 6.42 Å². The molecule has 180 valence electrons. The standard InChI is InChI=1S/C28H39NO4/c1-27(2,3)33-25(30)9-7-8-21-10-12-23(13-11-21)28(16-5-4-6-17-28)26(31)32-24-20-29-18-14-22(24)15-19-29/h7-8,10-13,22,24H,4-6,9,14-20H2,1-3H3/t24-/m0/s1. The molecule has 4 fully saturated rings. The first-order valence-electron chi connectivity index (χ1n) is 12.7. The number of carbonyl (C=O) groups is 2. The Balaban J connectivity index is 1.43. The zero-order valence-corrected chi connectivity index (χ0v) is 20.5. The lowest BCUT2D eigenvalue weighted by Gasteiger charge is -2.45. The number of ether oxygens (including phenoxy) is 2.